The molecular formula is C20H20N4O3. The van der Waals surface area contributed by atoms with Crippen molar-refractivity contribution in [2.24, 2.45) is 5.10 Å². The molecule has 0 bridgehead atoms. The van der Waals surface area contributed by atoms with E-state index in [1.54, 1.807) is 30.3 Å². The maximum Gasteiger partial charge on any atom is 0.258 e. The molecule has 2 amide bonds. The molecule has 7 heteroatoms. The zero-order valence-electron chi connectivity index (χ0n) is 14.9. The van der Waals surface area contributed by atoms with Crippen molar-refractivity contribution in [3.05, 3.63) is 65.7 Å². The van der Waals surface area contributed by atoms with Gasteiger partial charge in [0.2, 0.25) is 0 Å². The molecule has 2 aromatic carbocycles. The van der Waals surface area contributed by atoms with E-state index in [1.807, 2.05) is 37.3 Å². The molecule has 0 heterocycles. The number of nitriles is 1. The maximum atomic E-state index is 12.0. The number of nitrogens with one attached hydrogen (secondary N) is 2. The van der Waals surface area contributed by atoms with E-state index in [2.05, 4.69) is 15.8 Å². The Hall–Kier alpha value is -3.66. The SMILES string of the molecule is C[C@@H](NC(=O)COc1ccc(/C=N\NC(=O)CC#N)cc1)c1ccccc1. The minimum Gasteiger partial charge on any atom is -0.484 e. The standard InChI is InChI=1S/C20H20N4O3/c1-15(17-5-3-2-4-6-17)23-20(26)14-27-18-9-7-16(8-10-18)13-22-24-19(25)11-12-21/h2-10,13,15H,11,14H2,1H3,(H,23,26)(H,24,25)/b22-13-/t15-/m1/s1. The number of rotatable bonds is 8. The fraction of sp³-hybridized carbons (Fsp3) is 0.200. The fourth-order valence-electron chi connectivity index (χ4n) is 2.20. The van der Waals surface area contributed by atoms with E-state index in [-0.39, 0.29) is 25.0 Å². The molecular weight excluding hydrogens is 344 g/mol. The average Bonchev–Trinajstić information content (AvgIpc) is 2.68. The number of carbonyl (C=O) groups excluding carboxylic acids is 2. The van der Waals surface area contributed by atoms with E-state index < -0.39 is 5.91 Å². The molecule has 0 aliphatic rings. The summed E-state index contributed by atoms with van der Waals surface area (Å²) in [5, 5.41) is 15.0. The van der Waals surface area contributed by atoms with Gasteiger partial charge in [-0.3, -0.25) is 9.59 Å². The number of hydrogen-bond acceptors (Lipinski definition) is 5. The Morgan fingerprint density at radius 3 is 2.52 bits per heavy atom. The van der Waals surface area contributed by atoms with E-state index in [9.17, 15) is 9.59 Å². The van der Waals surface area contributed by atoms with Crippen LogP contribution in [-0.4, -0.2) is 24.6 Å². The van der Waals surface area contributed by atoms with Crippen molar-refractivity contribution in [2.75, 3.05) is 6.61 Å². The molecule has 1 atom stereocenters. The molecule has 0 saturated heterocycles. The summed E-state index contributed by atoms with van der Waals surface area (Å²) >= 11 is 0. The highest BCUT2D eigenvalue weighted by atomic mass is 16.5. The second kappa shape index (κ2) is 10.4. The number of hydrazone groups is 1. The van der Waals surface area contributed by atoms with Gasteiger partial charge in [0.1, 0.15) is 12.2 Å². The van der Waals surface area contributed by atoms with Crippen LogP contribution in [0.25, 0.3) is 0 Å². The third kappa shape index (κ3) is 7.00. The van der Waals surface area contributed by atoms with Crippen LogP contribution in [0, 0.1) is 11.3 Å². The summed E-state index contributed by atoms with van der Waals surface area (Å²) in [5.41, 5.74) is 4.00. The van der Waals surface area contributed by atoms with Gasteiger partial charge in [0, 0.05) is 0 Å². The first-order chi connectivity index (χ1) is 13.1. The molecule has 27 heavy (non-hydrogen) atoms. The van der Waals surface area contributed by atoms with Gasteiger partial charge in [-0.15, -0.1) is 0 Å². The van der Waals surface area contributed by atoms with Gasteiger partial charge in [-0.2, -0.15) is 10.4 Å². The smallest absolute Gasteiger partial charge is 0.258 e. The number of carbonyl (C=O) groups is 2. The lowest BCUT2D eigenvalue weighted by atomic mass is 10.1. The monoisotopic (exact) mass is 364 g/mol. The van der Waals surface area contributed by atoms with E-state index in [0.29, 0.717) is 5.75 Å². The Morgan fingerprint density at radius 1 is 1.15 bits per heavy atom. The van der Waals surface area contributed by atoms with Gasteiger partial charge in [-0.1, -0.05) is 30.3 Å². The van der Waals surface area contributed by atoms with Crippen LogP contribution in [0.15, 0.2) is 59.7 Å². The lowest BCUT2D eigenvalue weighted by Gasteiger charge is -2.14. The van der Waals surface area contributed by atoms with Crippen LogP contribution < -0.4 is 15.5 Å². The van der Waals surface area contributed by atoms with Gasteiger partial charge >= 0.3 is 0 Å². The van der Waals surface area contributed by atoms with Gasteiger partial charge in [0.25, 0.3) is 11.8 Å². The Morgan fingerprint density at radius 2 is 1.85 bits per heavy atom. The molecule has 2 rings (SSSR count). The minimum absolute atomic E-state index is 0.0885. The van der Waals surface area contributed by atoms with E-state index >= 15 is 0 Å². The molecule has 0 spiro atoms. The van der Waals surface area contributed by atoms with Gasteiger partial charge in [0.05, 0.1) is 18.3 Å². The summed E-state index contributed by atoms with van der Waals surface area (Å²) in [7, 11) is 0. The highest BCUT2D eigenvalue weighted by Crippen LogP contribution is 2.13. The molecule has 2 N–H and O–H groups in total. The number of ether oxygens (including phenoxy) is 1. The molecule has 0 unspecified atom stereocenters. The maximum absolute atomic E-state index is 12.0. The lowest BCUT2D eigenvalue weighted by molar-refractivity contribution is -0.123. The van der Waals surface area contributed by atoms with Crippen molar-refractivity contribution in [2.45, 2.75) is 19.4 Å². The van der Waals surface area contributed by atoms with Gasteiger partial charge in [-0.05, 0) is 42.3 Å². The molecule has 0 aliphatic heterocycles. The number of benzene rings is 2. The van der Waals surface area contributed by atoms with E-state index in [1.165, 1.54) is 6.21 Å². The highest BCUT2D eigenvalue weighted by molar-refractivity contribution is 5.83. The van der Waals surface area contributed by atoms with Crippen molar-refractivity contribution in [3.63, 3.8) is 0 Å². The normalized spacial score (nSPS) is 11.4. The predicted molar refractivity (Wildman–Crippen MR) is 101 cm³/mol. The quantitative estimate of drug-likeness (QED) is 0.554. The lowest BCUT2D eigenvalue weighted by Crippen LogP contribution is -2.31. The molecule has 0 saturated carbocycles. The van der Waals surface area contributed by atoms with Crippen molar-refractivity contribution in [1.82, 2.24) is 10.7 Å². The third-order valence-corrected chi connectivity index (χ3v) is 3.57. The largest absolute Gasteiger partial charge is 0.484 e. The van der Waals surface area contributed by atoms with Crippen LogP contribution in [0.1, 0.15) is 30.5 Å². The molecule has 0 aromatic heterocycles. The van der Waals surface area contributed by atoms with Crippen LogP contribution in [0.4, 0.5) is 0 Å². The van der Waals surface area contributed by atoms with Crippen LogP contribution in [0.5, 0.6) is 5.75 Å². The number of amides is 2. The summed E-state index contributed by atoms with van der Waals surface area (Å²) in [6.07, 6.45) is 1.21. The Balaban J connectivity index is 1.77. The predicted octanol–water partition coefficient (Wildman–Crippen LogP) is 2.31. The van der Waals surface area contributed by atoms with Gasteiger partial charge in [0.15, 0.2) is 6.61 Å². The third-order valence-electron chi connectivity index (χ3n) is 3.57. The highest BCUT2D eigenvalue weighted by Gasteiger charge is 2.09. The Kier molecular flexibility index (Phi) is 7.54. The summed E-state index contributed by atoms with van der Waals surface area (Å²) < 4.78 is 5.47. The van der Waals surface area contributed by atoms with Gasteiger partial charge in [-0.25, -0.2) is 5.43 Å². The van der Waals surface area contributed by atoms with Crippen molar-refractivity contribution < 1.29 is 14.3 Å². The van der Waals surface area contributed by atoms with Gasteiger partial charge < -0.3 is 10.1 Å². The first kappa shape index (κ1) is 19.7. The second-order valence-electron chi connectivity index (χ2n) is 5.69. The number of hydrogen-bond donors (Lipinski definition) is 2. The first-order valence-corrected chi connectivity index (χ1v) is 8.34. The van der Waals surface area contributed by atoms with E-state index in [4.69, 9.17) is 10.00 Å². The van der Waals surface area contributed by atoms with Crippen LogP contribution >= 0.6 is 0 Å². The molecule has 2 aromatic rings. The summed E-state index contributed by atoms with van der Waals surface area (Å²) in [4.78, 5) is 23.1. The zero-order chi connectivity index (χ0) is 19.5. The summed E-state index contributed by atoms with van der Waals surface area (Å²) in [6.45, 7) is 1.82. The second-order valence-corrected chi connectivity index (χ2v) is 5.69. The minimum atomic E-state index is -0.468. The van der Waals surface area contributed by atoms with Crippen molar-refractivity contribution in [1.29, 1.82) is 5.26 Å². The van der Waals surface area contributed by atoms with Crippen LogP contribution in [0.2, 0.25) is 0 Å². The van der Waals surface area contributed by atoms with E-state index in [0.717, 1.165) is 11.1 Å². The molecule has 0 aliphatic carbocycles. The topological polar surface area (TPSA) is 104 Å². The summed E-state index contributed by atoms with van der Waals surface area (Å²) in [5.74, 6) is -0.134. The first-order valence-electron chi connectivity index (χ1n) is 8.34. The Bertz CT molecular complexity index is 827. The molecule has 7 nitrogen and oxygen atoms in total. The molecule has 0 fully saturated rings. The van der Waals surface area contributed by atoms with Crippen molar-refractivity contribution in [3.8, 4) is 11.8 Å². The fourth-order valence-corrected chi connectivity index (χ4v) is 2.20. The Labute approximate surface area is 157 Å². The zero-order valence-corrected chi connectivity index (χ0v) is 14.9. The number of nitrogens with zero attached hydrogens (tertiary/aromatic N) is 2. The molecule has 0 radical (unpaired) electrons. The van der Waals surface area contributed by atoms with Crippen LogP contribution in [0.3, 0.4) is 0 Å². The van der Waals surface area contributed by atoms with Crippen molar-refractivity contribution >= 4 is 18.0 Å². The van der Waals surface area contributed by atoms with Crippen LogP contribution in [-0.2, 0) is 9.59 Å². The average molecular weight is 364 g/mol. The summed E-state index contributed by atoms with van der Waals surface area (Å²) in [6, 6.07) is 18.2. The molecule has 138 valence electrons.